The minimum absolute atomic E-state index is 0.0444. The van der Waals surface area contributed by atoms with Gasteiger partial charge in [-0.1, -0.05) is 6.42 Å². The van der Waals surface area contributed by atoms with E-state index in [0.29, 0.717) is 12.8 Å². The van der Waals surface area contributed by atoms with Crippen LogP contribution in [0.2, 0.25) is 0 Å². The summed E-state index contributed by atoms with van der Waals surface area (Å²) in [6.45, 7) is 4.09. The van der Waals surface area contributed by atoms with Crippen LogP contribution >= 0.6 is 0 Å². The number of carbonyl (C=O) groups excluding carboxylic acids is 1. The Morgan fingerprint density at radius 3 is 2.53 bits per heavy atom. The smallest absolute Gasteiger partial charge is 0.391 e. The summed E-state index contributed by atoms with van der Waals surface area (Å²) < 4.78 is 48.0. The van der Waals surface area contributed by atoms with Gasteiger partial charge >= 0.3 is 12.1 Å². The number of halogens is 3. The van der Waals surface area contributed by atoms with Crippen molar-refractivity contribution >= 4 is 5.97 Å². The molecule has 0 aromatic carbocycles. The molecule has 112 valence electrons. The minimum atomic E-state index is -4.21. The molecular formula is C13H21F3O3. The first-order valence-corrected chi connectivity index (χ1v) is 6.65. The molecule has 0 aromatic rings. The van der Waals surface area contributed by atoms with Crippen LogP contribution in [0.5, 0.6) is 0 Å². The van der Waals surface area contributed by atoms with Crippen molar-refractivity contribution in [2.45, 2.75) is 51.8 Å². The number of hydrogen-bond donors (Lipinski definition) is 0. The van der Waals surface area contributed by atoms with Crippen molar-refractivity contribution in [3.63, 3.8) is 0 Å². The highest BCUT2D eigenvalue weighted by Gasteiger charge is 2.43. The van der Waals surface area contributed by atoms with Gasteiger partial charge in [0, 0.05) is 0 Å². The van der Waals surface area contributed by atoms with Crippen molar-refractivity contribution in [3.8, 4) is 0 Å². The van der Waals surface area contributed by atoms with E-state index in [1.807, 2.05) is 13.8 Å². The Kier molecular flexibility index (Phi) is 6.10. The zero-order valence-corrected chi connectivity index (χ0v) is 11.3. The highest BCUT2D eigenvalue weighted by atomic mass is 19.4. The molecule has 6 heteroatoms. The summed E-state index contributed by atoms with van der Waals surface area (Å²) in [5.41, 5.74) is 0. The molecule has 0 amide bonds. The fraction of sp³-hybridized carbons (Fsp3) is 0.923. The lowest BCUT2D eigenvalue weighted by molar-refractivity contribution is -0.189. The van der Waals surface area contributed by atoms with E-state index < -0.39 is 24.0 Å². The van der Waals surface area contributed by atoms with Gasteiger partial charge in [0.2, 0.25) is 0 Å². The molecule has 1 aliphatic carbocycles. The lowest BCUT2D eigenvalue weighted by Gasteiger charge is -2.29. The van der Waals surface area contributed by atoms with Crippen molar-refractivity contribution in [2.24, 2.45) is 11.8 Å². The van der Waals surface area contributed by atoms with Crippen LogP contribution in [-0.2, 0) is 14.3 Å². The molecule has 0 aliphatic heterocycles. The molecule has 2 unspecified atom stereocenters. The molecule has 1 rings (SSSR count). The maximum absolute atomic E-state index is 12.6. The van der Waals surface area contributed by atoms with Gasteiger partial charge in [0.15, 0.2) is 0 Å². The molecule has 19 heavy (non-hydrogen) atoms. The molecule has 0 radical (unpaired) electrons. The summed E-state index contributed by atoms with van der Waals surface area (Å²) in [6.07, 6.45) is -3.29. The van der Waals surface area contributed by atoms with Gasteiger partial charge in [0.05, 0.1) is 24.5 Å². The van der Waals surface area contributed by atoms with Crippen LogP contribution in [0.4, 0.5) is 13.2 Å². The first kappa shape index (κ1) is 16.3. The molecule has 0 saturated heterocycles. The molecule has 1 saturated carbocycles. The number of ether oxygens (including phenoxy) is 2. The number of rotatable bonds is 5. The summed E-state index contributed by atoms with van der Waals surface area (Å²) >= 11 is 0. The van der Waals surface area contributed by atoms with E-state index in [2.05, 4.69) is 0 Å². The van der Waals surface area contributed by atoms with Crippen LogP contribution in [0.3, 0.4) is 0 Å². The first-order chi connectivity index (χ1) is 8.80. The molecule has 0 bridgehead atoms. The average molecular weight is 282 g/mol. The number of esters is 1. The summed E-state index contributed by atoms with van der Waals surface area (Å²) in [7, 11) is 0. The predicted octanol–water partition coefficient (Wildman–Crippen LogP) is 3.32. The zero-order valence-electron chi connectivity index (χ0n) is 11.3. The Morgan fingerprint density at radius 1 is 1.26 bits per heavy atom. The molecule has 1 fully saturated rings. The maximum Gasteiger partial charge on any atom is 0.391 e. The van der Waals surface area contributed by atoms with Crippen LogP contribution < -0.4 is 0 Å². The first-order valence-electron chi connectivity index (χ1n) is 6.65. The van der Waals surface area contributed by atoms with Crippen LogP contribution in [0.25, 0.3) is 0 Å². The van der Waals surface area contributed by atoms with Crippen LogP contribution in [0.1, 0.15) is 39.5 Å². The lowest BCUT2D eigenvalue weighted by Crippen LogP contribution is -2.32. The van der Waals surface area contributed by atoms with Crippen LogP contribution in [0.15, 0.2) is 0 Å². The molecule has 0 aromatic heterocycles. The average Bonchev–Trinajstić information content (AvgIpc) is 2.33. The van der Waals surface area contributed by atoms with E-state index in [4.69, 9.17) is 9.47 Å². The number of alkyl halides is 3. The van der Waals surface area contributed by atoms with E-state index in [9.17, 15) is 18.0 Å². The Hall–Kier alpha value is -0.780. The normalized spacial score (nSPS) is 24.5. The number of carbonyl (C=O) groups is 1. The Balaban J connectivity index is 2.32. The SMILES string of the molecule is CC(C)OCCOC(=O)C1CCCC(C(F)(F)F)C1. The van der Waals surface area contributed by atoms with E-state index in [0.717, 1.165) is 0 Å². The molecule has 0 N–H and O–H groups in total. The number of hydrogen-bond acceptors (Lipinski definition) is 3. The molecule has 0 spiro atoms. The highest BCUT2D eigenvalue weighted by Crippen LogP contribution is 2.40. The van der Waals surface area contributed by atoms with Gasteiger partial charge in [0.1, 0.15) is 6.61 Å². The second-order valence-corrected chi connectivity index (χ2v) is 5.19. The Morgan fingerprint density at radius 2 is 1.95 bits per heavy atom. The summed E-state index contributed by atoms with van der Waals surface area (Å²) in [6, 6.07) is 0. The standard InChI is InChI=1S/C13H21F3O3/c1-9(2)18-6-7-19-12(17)10-4-3-5-11(8-10)13(14,15)16/h9-11H,3-8H2,1-2H3. The molecule has 1 aliphatic rings. The van der Waals surface area contributed by atoms with Gasteiger partial charge in [-0.05, 0) is 33.1 Å². The van der Waals surface area contributed by atoms with Gasteiger partial charge in [-0.25, -0.2) is 0 Å². The minimum Gasteiger partial charge on any atom is -0.463 e. The topological polar surface area (TPSA) is 35.5 Å². The lowest BCUT2D eigenvalue weighted by atomic mass is 9.81. The second-order valence-electron chi connectivity index (χ2n) is 5.19. The van der Waals surface area contributed by atoms with Crippen molar-refractivity contribution in [1.82, 2.24) is 0 Å². The van der Waals surface area contributed by atoms with Crippen molar-refractivity contribution in [1.29, 1.82) is 0 Å². The second kappa shape index (κ2) is 7.12. The van der Waals surface area contributed by atoms with E-state index in [-0.39, 0.29) is 32.2 Å². The van der Waals surface area contributed by atoms with Gasteiger partial charge in [0.25, 0.3) is 0 Å². The third kappa shape index (κ3) is 5.80. The molecule has 2 atom stereocenters. The Bertz CT molecular complexity index is 289. The Labute approximate surface area is 111 Å². The molecular weight excluding hydrogens is 261 g/mol. The van der Waals surface area contributed by atoms with Crippen molar-refractivity contribution in [2.75, 3.05) is 13.2 Å². The molecule has 3 nitrogen and oxygen atoms in total. The van der Waals surface area contributed by atoms with Gasteiger partial charge < -0.3 is 9.47 Å². The van der Waals surface area contributed by atoms with Crippen molar-refractivity contribution in [3.05, 3.63) is 0 Å². The van der Waals surface area contributed by atoms with E-state index in [1.165, 1.54) is 0 Å². The monoisotopic (exact) mass is 282 g/mol. The fourth-order valence-electron chi connectivity index (χ4n) is 2.25. The van der Waals surface area contributed by atoms with Crippen molar-refractivity contribution < 1.29 is 27.4 Å². The quantitative estimate of drug-likeness (QED) is 0.573. The van der Waals surface area contributed by atoms with E-state index >= 15 is 0 Å². The van der Waals surface area contributed by atoms with Gasteiger partial charge in [-0.15, -0.1) is 0 Å². The highest BCUT2D eigenvalue weighted by molar-refractivity contribution is 5.72. The zero-order chi connectivity index (χ0) is 14.5. The van der Waals surface area contributed by atoms with Crippen LogP contribution in [0, 0.1) is 11.8 Å². The molecule has 0 heterocycles. The van der Waals surface area contributed by atoms with Gasteiger partial charge in [-0.3, -0.25) is 4.79 Å². The summed E-state index contributed by atoms with van der Waals surface area (Å²) in [4.78, 5) is 11.7. The van der Waals surface area contributed by atoms with Gasteiger partial charge in [-0.2, -0.15) is 13.2 Å². The largest absolute Gasteiger partial charge is 0.463 e. The van der Waals surface area contributed by atoms with Crippen LogP contribution in [-0.4, -0.2) is 31.5 Å². The fourth-order valence-corrected chi connectivity index (χ4v) is 2.25. The summed E-state index contributed by atoms with van der Waals surface area (Å²) in [5.74, 6) is -2.52. The van der Waals surface area contributed by atoms with E-state index in [1.54, 1.807) is 0 Å². The summed E-state index contributed by atoms with van der Waals surface area (Å²) in [5, 5.41) is 0. The predicted molar refractivity (Wildman–Crippen MR) is 63.6 cm³/mol. The third-order valence-electron chi connectivity index (χ3n) is 3.25. The maximum atomic E-state index is 12.6. The third-order valence-corrected chi connectivity index (χ3v) is 3.25.